The first-order chi connectivity index (χ1) is 8.04. The minimum absolute atomic E-state index is 0.487. The second kappa shape index (κ2) is 6.27. The second-order valence-corrected chi connectivity index (χ2v) is 4.91. The summed E-state index contributed by atoms with van der Waals surface area (Å²) in [4.78, 5) is 0. The number of hydrogen-bond donors (Lipinski definition) is 1. The Kier molecular flexibility index (Phi) is 5.29. The first-order valence-electron chi connectivity index (χ1n) is 6.07. The Balaban J connectivity index is 3.16. The number of hydrogen-bond acceptors (Lipinski definition) is 2. The molecule has 0 aliphatic carbocycles. The van der Waals surface area contributed by atoms with Crippen LogP contribution >= 0.6 is 11.6 Å². The van der Waals surface area contributed by atoms with Crippen molar-refractivity contribution >= 4 is 11.6 Å². The van der Waals surface area contributed by atoms with E-state index in [2.05, 4.69) is 13.8 Å². The number of nitrogens with two attached hydrogens (primary N) is 1. The molecule has 2 nitrogen and oxygen atoms in total. The second-order valence-electron chi connectivity index (χ2n) is 4.53. The topological polar surface area (TPSA) is 35.2 Å². The summed E-state index contributed by atoms with van der Waals surface area (Å²) in [6.07, 6.45) is 2.01. The van der Waals surface area contributed by atoms with Crippen molar-refractivity contribution in [2.45, 2.75) is 33.6 Å². The van der Waals surface area contributed by atoms with Gasteiger partial charge >= 0.3 is 0 Å². The van der Waals surface area contributed by atoms with E-state index in [1.165, 1.54) is 5.56 Å². The van der Waals surface area contributed by atoms with Crippen LogP contribution in [0.3, 0.4) is 0 Å². The van der Waals surface area contributed by atoms with Crippen LogP contribution in [0.15, 0.2) is 6.07 Å². The fourth-order valence-corrected chi connectivity index (χ4v) is 2.25. The standard InChI is InChI=1S/C14H22ClNO/c1-5-11(8-16)7-12-10(3)14(15)9(2)6-13(12)17-4/h6,11H,5,7-8,16H2,1-4H3. The highest BCUT2D eigenvalue weighted by molar-refractivity contribution is 6.32. The quantitative estimate of drug-likeness (QED) is 0.874. The molecule has 17 heavy (non-hydrogen) atoms. The zero-order valence-corrected chi connectivity index (χ0v) is 11.9. The summed E-state index contributed by atoms with van der Waals surface area (Å²) in [6, 6.07) is 2.01. The third kappa shape index (κ3) is 3.14. The molecule has 0 spiro atoms. The Labute approximate surface area is 109 Å². The molecule has 0 amide bonds. The molecule has 0 aliphatic heterocycles. The van der Waals surface area contributed by atoms with Gasteiger partial charge in [0.2, 0.25) is 0 Å². The van der Waals surface area contributed by atoms with Crippen LogP contribution in [0.1, 0.15) is 30.0 Å². The summed E-state index contributed by atoms with van der Waals surface area (Å²) in [6.45, 7) is 6.91. The van der Waals surface area contributed by atoms with E-state index in [1.54, 1.807) is 7.11 Å². The Morgan fingerprint density at radius 2 is 2.06 bits per heavy atom. The van der Waals surface area contributed by atoms with E-state index in [-0.39, 0.29) is 0 Å². The van der Waals surface area contributed by atoms with E-state index in [4.69, 9.17) is 22.1 Å². The Hall–Kier alpha value is -0.730. The first-order valence-corrected chi connectivity index (χ1v) is 6.45. The highest BCUT2D eigenvalue weighted by Gasteiger charge is 2.15. The molecule has 2 N–H and O–H groups in total. The third-order valence-electron chi connectivity index (χ3n) is 3.40. The number of ether oxygens (including phenoxy) is 1. The molecule has 0 saturated heterocycles. The van der Waals surface area contributed by atoms with E-state index in [0.29, 0.717) is 12.5 Å². The predicted molar refractivity (Wildman–Crippen MR) is 74.0 cm³/mol. The lowest BCUT2D eigenvalue weighted by atomic mass is 9.92. The van der Waals surface area contributed by atoms with E-state index in [9.17, 15) is 0 Å². The smallest absolute Gasteiger partial charge is 0.122 e. The van der Waals surface area contributed by atoms with Gasteiger partial charge in [0, 0.05) is 5.02 Å². The van der Waals surface area contributed by atoms with E-state index < -0.39 is 0 Å². The molecule has 1 unspecified atom stereocenters. The van der Waals surface area contributed by atoms with Gasteiger partial charge < -0.3 is 10.5 Å². The molecule has 3 heteroatoms. The summed E-state index contributed by atoms with van der Waals surface area (Å²) in [5, 5.41) is 0.840. The molecular formula is C14H22ClNO. The van der Waals surface area contributed by atoms with Crippen molar-refractivity contribution in [3.05, 3.63) is 27.8 Å². The maximum absolute atomic E-state index is 6.29. The SMILES string of the molecule is CCC(CN)Cc1c(OC)cc(C)c(Cl)c1C. The highest BCUT2D eigenvalue weighted by Crippen LogP contribution is 2.33. The number of aryl methyl sites for hydroxylation is 1. The van der Waals surface area contributed by atoms with E-state index in [1.807, 2.05) is 13.0 Å². The molecule has 1 aromatic carbocycles. The molecule has 0 aromatic heterocycles. The van der Waals surface area contributed by atoms with Gasteiger partial charge in [0.25, 0.3) is 0 Å². The van der Waals surface area contributed by atoms with Crippen molar-refractivity contribution < 1.29 is 4.74 Å². The fourth-order valence-electron chi connectivity index (χ4n) is 2.08. The van der Waals surface area contributed by atoms with Gasteiger partial charge in [0.15, 0.2) is 0 Å². The van der Waals surface area contributed by atoms with E-state index >= 15 is 0 Å². The van der Waals surface area contributed by atoms with Gasteiger partial charge in [0.05, 0.1) is 7.11 Å². The molecule has 1 aromatic rings. The summed E-state index contributed by atoms with van der Waals surface area (Å²) in [5.41, 5.74) is 9.14. The van der Waals surface area contributed by atoms with Crippen LogP contribution in [0.2, 0.25) is 5.02 Å². The highest BCUT2D eigenvalue weighted by atomic mass is 35.5. The zero-order valence-electron chi connectivity index (χ0n) is 11.1. The van der Waals surface area contributed by atoms with Crippen LogP contribution < -0.4 is 10.5 Å². The number of methoxy groups -OCH3 is 1. The lowest BCUT2D eigenvalue weighted by Gasteiger charge is -2.19. The molecule has 1 rings (SSSR count). The molecule has 1 atom stereocenters. The minimum atomic E-state index is 0.487. The van der Waals surface area contributed by atoms with Gasteiger partial charge in [-0.25, -0.2) is 0 Å². The molecule has 96 valence electrons. The number of benzene rings is 1. The van der Waals surface area contributed by atoms with Crippen molar-refractivity contribution in [2.24, 2.45) is 11.7 Å². The summed E-state index contributed by atoms with van der Waals surface area (Å²) in [5.74, 6) is 1.41. The average molecular weight is 256 g/mol. The van der Waals surface area contributed by atoms with Crippen LogP contribution in [0.5, 0.6) is 5.75 Å². The summed E-state index contributed by atoms with van der Waals surface area (Å²) in [7, 11) is 1.70. The monoisotopic (exact) mass is 255 g/mol. The van der Waals surface area contributed by atoms with Gasteiger partial charge in [-0.3, -0.25) is 0 Å². The van der Waals surface area contributed by atoms with Crippen molar-refractivity contribution in [1.29, 1.82) is 0 Å². The van der Waals surface area contributed by atoms with Gasteiger partial charge in [-0.1, -0.05) is 24.9 Å². The minimum Gasteiger partial charge on any atom is -0.496 e. The van der Waals surface area contributed by atoms with Crippen molar-refractivity contribution in [3.8, 4) is 5.75 Å². The van der Waals surface area contributed by atoms with Gasteiger partial charge in [-0.2, -0.15) is 0 Å². The van der Waals surface area contributed by atoms with Crippen LogP contribution in [0.4, 0.5) is 0 Å². The normalized spacial score (nSPS) is 12.6. The van der Waals surface area contributed by atoms with Gasteiger partial charge in [-0.05, 0) is 55.5 Å². The Bertz CT molecular complexity index is 386. The van der Waals surface area contributed by atoms with Gasteiger partial charge in [0.1, 0.15) is 5.75 Å². The fraction of sp³-hybridized carbons (Fsp3) is 0.571. The van der Waals surface area contributed by atoms with Crippen molar-refractivity contribution in [2.75, 3.05) is 13.7 Å². The maximum atomic E-state index is 6.29. The molecule has 0 saturated carbocycles. The zero-order chi connectivity index (χ0) is 13.0. The predicted octanol–water partition coefficient (Wildman–Crippen LogP) is 3.49. The van der Waals surface area contributed by atoms with Gasteiger partial charge in [-0.15, -0.1) is 0 Å². The molecule has 0 aliphatic rings. The molecule has 0 fully saturated rings. The van der Waals surface area contributed by atoms with Crippen molar-refractivity contribution in [3.63, 3.8) is 0 Å². The summed E-state index contributed by atoms with van der Waals surface area (Å²) >= 11 is 6.29. The Morgan fingerprint density at radius 3 is 2.53 bits per heavy atom. The van der Waals surface area contributed by atoms with Crippen LogP contribution in [-0.2, 0) is 6.42 Å². The Morgan fingerprint density at radius 1 is 1.41 bits per heavy atom. The lowest BCUT2D eigenvalue weighted by molar-refractivity contribution is 0.402. The lowest BCUT2D eigenvalue weighted by Crippen LogP contribution is -2.17. The van der Waals surface area contributed by atoms with Crippen LogP contribution in [-0.4, -0.2) is 13.7 Å². The van der Waals surface area contributed by atoms with Crippen molar-refractivity contribution in [1.82, 2.24) is 0 Å². The summed E-state index contributed by atoms with van der Waals surface area (Å²) < 4.78 is 5.45. The molecule has 0 bridgehead atoms. The van der Waals surface area contributed by atoms with Crippen LogP contribution in [0.25, 0.3) is 0 Å². The number of rotatable bonds is 5. The first kappa shape index (κ1) is 14.3. The molecule has 0 heterocycles. The average Bonchev–Trinajstić information content (AvgIpc) is 2.34. The van der Waals surface area contributed by atoms with E-state index in [0.717, 1.165) is 34.7 Å². The van der Waals surface area contributed by atoms with Crippen LogP contribution in [0, 0.1) is 19.8 Å². The molecule has 0 radical (unpaired) electrons. The largest absolute Gasteiger partial charge is 0.496 e. The third-order valence-corrected chi connectivity index (χ3v) is 3.98. The maximum Gasteiger partial charge on any atom is 0.122 e. The number of halogens is 1. The molecular weight excluding hydrogens is 234 g/mol.